The molecule has 106 valence electrons. The van der Waals surface area contributed by atoms with Gasteiger partial charge in [0.2, 0.25) is 5.88 Å². The minimum Gasteiger partial charge on any atom is -0.487 e. The molecule has 2 rings (SSSR count). The lowest BCUT2D eigenvalue weighted by atomic mass is 10.1. The number of nitrogens with two attached hydrogens (primary N) is 1. The molecule has 20 heavy (non-hydrogen) atoms. The van der Waals surface area contributed by atoms with Gasteiger partial charge in [-0.05, 0) is 31.2 Å². The second-order valence-corrected chi connectivity index (χ2v) is 4.43. The normalized spacial score (nSPS) is 12.0. The molecule has 0 radical (unpaired) electrons. The number of rotatable bonds is 5. The van der Waals surface area contributed by atoms with Crippen molar-refractivity contribution in [1.29, 1.82) is 0 Å². The number of hydrogen-bond donors (Lipinski definition) is 1. The van der Waals surface area contributed by atoms with Gasteiger partial charge in [-0.3, -0.25) is 0 Å². The van der Waals surface area contributed by atoms with Crippen LogP contribution in [0.3, 0.4) is 0 Å². The van der Waals surface area contributed by atoms with Gasteiger partial charge in [-0.15, -0.1) is 0 Å². The van der Waals surface area contributed by atoms with Crippen LogP contribution in [0.4, 0.5) is 4.39 Å². The maximum atomic E-state index is 13.2. The molecule has 0 aliphatic heterocycles. The highest BCUT2D eigenvalue weighted by Gasteiger charge is 2.10. The molecule has 5 heteroatoms. The molecule has 0 saturated heterocycles. The van der Waals surface area contributed by atoms with Gasteiger partial charge in [-0.25, -0.2) is 9.37 Å². The van der Waals surface area contributed by atoms with Gasteiger partial charge in [0.15, 0.2) is 0 Å². The molecule has 1 heterocycles. The Bertz CT molecular complexity index is 588. The van der Waals surface area contributed by atoms with E-state index >= 15 is 0 Å². The Morgan fingerprint density at radius 2 is 2.10 bits per heavy atom. The molecule has 0 aliphatic carbocycles. The molecule has 2 N–H and O–H groups in total. The van der Waals surface area contributed by atoms with Crippen LogP contribution in [-0.2, 0) is 6.61 Å². The van der Waals surface area contributed by atoms with E-state index in [-0.39, 0.29) is 18.5 Å². The first-order valence-electron chi connectivity index (χ1n) is 6.28. The molecule has 0 saturated carbocycles. The van der Waals surface area contributed by atoms with E-state index in [1.807, 2.05) is 12.1 Å². The minimum absolute atomic E-state index is 0.266. The van der Waals surface area contributed by atoms with E-state index in [0.717, 1.165) is 5.69 Å². The Labute approximate surface area is 117 Å². The fraction of sp³-hybridized carbons (Fsp3) is 0.267. The molecule has 1 aromatic heterocycles. The zero-order chi connectivity index (χ0) is 14.5. The lowest BCUT2D eigenvalue weighted by molar-refractivity contribution is 0.293. The topological polar surface area (TPSA) is 57.4 Å². The van der Waals surface area contributed by atoms with Crippen molar-refractivity contribution < 1.29 is 13.9 Å². The highest BCUT2D eigenvalue weighted by atomic mass is 19.1. The first-order valence-corrected chi connectivity index (χ1v) is 6.28. The summed E-state index contributed by atoms with van der Waals surface area (Å²) >= 11 is 0. The zero-order valence-electron chi connectivity index (χ0n) is 11.5. The third-order valence-electron chi connectivity index (χ3n) is 2.83. The van der Waals surface area contributed by atoms with Gasteiger partial charge in [0.1, 0.15) is 18.2 Å². The molecule has 2 aromatic rings. The summed E-state index contributed by atoms with van der Waals surface area (Å²) in [5.41, 5.74) is 7.17. The first-order chi connectivity index (χ1) is 9.60. The number of aromatic nitrogens is 1. The monoisotopic (exact) mass is 276 g/mol. The van der Waals surface area contributed by atoms with Crippen LogP contribution in [0.5, 0.6) is 11.6 Å². The number of nitrogens with zero attached hydrogens (tertiary/aromatic N) is 1. The molecule has 0 amide bonds. The number of pyridine rings is 1. The van der Waals surface area contributed by atoms with Crippen LogP contribution < -0.4 is 15.2 Å². The molecule has 0 aliphatic rings. The predicted molar refractivity (Wildman–Crippen MR) is 74.1 cm³/mol. The van der Waals surface area contributed by atoms with Crippen molar-refractivity contribution in [1.82, 2.24) is 4.98 Å². The minimum atomic E-state index is -0.329. The van der Waals surface area contributed by atoms with Crippen molar-refractivity contribution in [2.45, 2.75) is 19.6 Å². The van der Waals surface area contributed by atoms with E-state index in [1.54, 1.807) is 26.2 Å². The van der Waals surface area contributed by atoms with Crippen LogP contribution in [0.1, 0.15) is 24.2 Å². The van der Waals surface area contributed by atoms with E-state index in [0.29, 0.717) is 17.2 Å². The first kappa shape index (κ1) is 14.3. The van der Waals surface area contributed by atoms with E-state index in [1.165, 1.54) is 12.1 Å². The molecule has 0 fully saturated rings. The Kier molecular flexibility index (Phi) is 4.53. The smallest absolute Gasteiger partial charge is 0.213 e. The molecule has 1 aromatic carbocycles. The van der Waals surface area contributed by atoms with E-state index < -0.39 is 0 Å². The number of halogens is 1. The van der Waals surface area contributed by atoms with Gasteiger partial charge in [0, 0.05) is 17.7 Å². The van der Waals surface area contributed by atoms with E-state index in [9.17, 15) is 4.39 Å². The summed E-state index contributed by atoms with van der Waals surface area (Å²) < 4.78 is 24.0. The number of hydrogen-bond acceptors (Lipinski definition) is 4. The van der Waals surface area contributed by atoms with Gasteiger partial charge >= 0.3 is 0 Å². The maximum absolute atomic E-state index is 13.2. The SMILES string of the molecule is COc1cccc(COc2ccc(F)cc2[C@H](C)N)n1. The fourth-order valence-corrected chi connectivity index (χ4v) is 1.81. The van der Waals surface area contributed by atoms with Crippen molar-refractivity contribution in [3.05, 3.63) is 53.5 Å². The summed E-state index contributed by atoms with van der Waals surface area (Å²) in [6.45, 7) is 2.05. The van der Waals surface area contributed by atoms with Crippen LogP contribution in [0.25, 0.3) is 0 Å². The maximum Gasteiger partial charge on any atom is 0.213 e. The molecule has 1 atom stereocenters. The van der Waals surface area contributed by atoms with Gasteiger partial charge in [0.05, 0.1) is 12.8 Å². The lowest BCUT2D eigenvalue weighted by Crippen LogP contribution is -2.09. The third-order valence-corrected chi connectivity index (χ3v) is 2.83. The van der Waals surface area contributed by atoms with Crippen LogP contribution in [0.2, 0.25) is 0 Å². The Balaban J connectivity index is 2.14. The lowest BCUT2D eigenvalue weighted by Gasteiger charge is -2.14. The summed E-state index contributed by atoms with van der Waals surface area (Å²) in [6.07, 6.45) is 0. The molecular weight excluding hydrogens is 259 g/mol. The average Bonchev–Trinajstić information content (AvgIpc) is 2.46. The van der Waals surface area contributed by atoms with Crippen molar-refractivity contribution in [2.24, 2.45) is 5.73 Å². The second-order valence-electron chi connectivity index (χ2n) is 4.43. The molecule has 0 spiro atoms. The summed E-state index contributed by atoms with van der Waals surface area (Å²) in [6, 6.07) is 9.43. The number of benzene rings is 1. The highest BCUT2D eigenvalue weighted by molar-refractivity contribution is 5.36. The summed E-state index contributed by atoms with van der Waals surface area (Å²) in [5.74, 6) is 0.757. The summed E-state index contributed by atoms with van der Waals surface area (Å²) in [5, 5.41) is 0. The van der Waals surface area contributed by atoms with Crippen LogP contribution in [-0.4, -0.2) is 12.1 Å². The van der Waals surface area contributed by atoms with Gasteiger partial charge in [-0.2, -0.15) is 0 Å². The second kappa shape index (κ2) is 6.34. The van der Waals surface area contributed by atoms with Crippen molar-refractivity contribution in [3.8, 4) is 11.6 Å². The van der Waals surface area contributed by atoms with Crippen molar-refractivity contribution in [3.63, 3.8) is 0 Å². The van der Waals surface area contributed by atoms with E-state index in [2.05, 4.69) is 4.98 Å². The Morgan fingerprint density at radius 1 is 1.30 bits per heavy atom. The van der Waals surface area contributed by atoms with Gasteiger partial charge in [0.25, 0.3) is 0 Å². The van der Waals surface area contributed by atoms with Crippen molar-refractivity contribution >= 4 is 0 Å². The Morgan fingerprint density at radius 3 is 2.80 bits per heavy atom. The van der Waals surface area contributed by atoms with Crippen LogP contribution in [0.15, 0.2) is 36.4 Å². The van der Waals surface area contributed by atoms with E-state index in [4.69, 9.17) is 15.2 Å². The highest BCUT2D eigenvalue weighted by Crippen LogP contribution is 2.25. The Hall–Kier alpha value is -2.14. The third kappa shape index (κ3) is 3.45. The van der Waals surface area contributed by atoms with Gasteiger partial charge in [-0.1, -0.05) is 6.07 Å². The summed E-state index contributed by atoms with van der Waals surface area (Å²) in [4.78, 5) is 4.25. The predicted octanol–water partition coefficient (Wildman–Crippen LogP) is 2.83. The number of methoxy groups -OCH3 is 1. The average molecular weight is 276 g/mol. The molecule has 0 unspecified atom stereocenters. The summed E-state index contributed by atoms with van der Waals surface area (Å²) in [7, 11) is 1.56. The largest absolute Gasteiger partial charge is 0.487 e. The fourth-order valence-electron chi connectivity index (χ4n) is 1.81. The van der Waals surface area contributed by atoms with Crippen LogP contribution >= 0.6 is 0 Å². The van der Waals surface area contributed by atoms with Gasteiger partial charge < -0.3 is 15.2 Å². The number of ether oxygens (including phenoxy) is 2. The van der Waals surface area contributed by atoms with Crippen LogP contribution in [0, 0.1) is 5.82 Å². The molecular formula is C15H17FN2O2. The van der Waals surface area contributed by atoms with Crippen molar-refractivity contribution in [2.75, 3.05) is 7.11 Å². The standard InChI is InChI=1S/C15H17FN2O2/c1-10(17)13-8-11(16)6-7-14(13)20-9-12-4-3-5-15(18-12)19-2/h3-8,10H,9,17H2,1-2H3/t10-/m0/s1. The molecule has 0 bridgehead atoms. The molecule has 4 nitrogen and oxygen atoms in total. The zero-order valence-corrected chi connectivity index (χ0v) is 11.5. The quantitative estimate of drug-likeness (QED) is 0.912.